The molecular weight excluding hydrogens is 374 g/mol. The fourth-order valence-corrected chi connectivity index (χ4v) is 4.33. The lowest BCUT2D eigenvalue weighted by molar-refractivity contribution is -0.116. The van der Waals surface area contributed by atoms with Crippen molar-refractivity contribution < 1.29 is 9.90 Å². The van der Waals surface area contributed by atoms with E-state index in [1.54, 1.807) is 29.8 Å². The van der Waals surface area contributed by atoms with Gasteiger partial charge in [-0.1, -0.05) is 54.2 Å². The molecule has 1 amide bonds. The summed E-state index contributed by atoms with van der Waals surface area (Å²) < 4.78 is 1.76. The number of aromatic nitrogens is 2. The third kappa shape index (κ3) is 3.53. The van der Waals surface area contributed by atoms with Gasteiger partial charge in [0.2, 0.25) is 5.91 Å². The van der Waals surface area contributed by atoms with Crippen molar-refractivity contribution in [2.24, 2.45) is 7.05 Å². The first-order valence-electron chi connectivity index (χ1n) is 8.89. The van der Waals surface area contributed by atoms with Crippen molar-refractivity contribution in [1.82, 2.24) is 9.55 Å². The van der Waals surface area contributed by atoms with Crippen LogP contribution in [0.25, 0.3) is 0 Å². The summed E-state index contributed by atoms with van der Waals surface area (Å²) in [4.78, 5) is 29.5. The first kappa shape index (κ1) is 18.3. The van der Waals surface area contributed by atoms with Crippen molar-refractivity contribution in [2.45, 2.75) is 23.2 Å². The Morgan fingerprint density at radius 2 is 1.96 bits per heavy atom. The minimum Gasteiger partial charge on any atom is -0.508 e. The number of benzene rings is 2. The van der Waals surface area contributed by atoms with Gasteiger partial charge in [0.05, 0.1) is 5.56 Å². The summed E-state index contributed by atoms with van der Waals surface area (Å²) in [5.74, 6) is 0.644. The predicted molar refractivity (Wildman–Crippen MR) is 109 cm³/mol. The molecule has 0 bridgehead atoms. The Labute approximate surface area is 166 Å². The maximum atomic E-state index is 12.9. The molecule has 142 valence electrons. The number of fused-ring (bicyclic) bond motifs is 1. The third-order valence-electron chi connectivity index (χ3n) is 4.78. The molecule has 0 radical (unpaired) electrons. The number of amides is 1. The van der Waals surface area contributed by atoms with Crippen LogP contribution in [0.2, 0.25) is 0 Å². The Bertz CT molecular complexity index is 1100. The summed E-state index contributed by atoms with van der Waals surface area (Å²) in [7, 11) is 1.80. The highest BCUT2D eigenvalue weighted by Gasteiger charge is 2.32. The maximum absolute atomic E-state index is 12.9. The summed E-state index contributed by atoms with van der Waals surface area (Å²) in [6.07, 6.45) is 0.143. The van der Waals surface area contributed by atoms with Crippen LogP contribution in [-0.4, -0.2) is 20.6 Å². The number of anilines is 1. The Hall–Kier alpha value is -3.06. The molecule has 1 aliphatic heterocycles. The van der Waals surface area contributed by atoms with E-state index >= 15 is 0 Å². The molecule has 2 N–H and O–H groups in total. The lowest BCUT2D eigenvalue weighted by Crippen LogP contribution is -2.33. The van der Waals surface area contributed by atoms with E-state index in [2.05, 4.69) is 10.3 Å². The van der Waals surface area contributed by atoms with Crippen molar-refractivity contribution in [1.29, 1.82) is 0 Å². The Balaban J connectivity index is 1.74. The summed E-state index contributed by atoms with van der Waals surface area (Å²) in [6, 6.07) is 16.6. The molecule has 1 aliphatic rings. The lowest BCUT2D eigenvalue weighted by Gasteiger charge is -2.27. The lowest BCUT2D eigenvalue weighted by atomic mass is 9.86. The molecule has 0 spiro atoms. The van der Waals surface area contributed by atoms with Crippen LogP contribution < -0.4 is 10.9 Å². The van der Waals surface area contributed by atoms with Crippen LogP contribution in [0.1, 0.15) is 29.0 Å². The van der Waals surface area contributed by atoms with Crippen molar-refractivity contribution in [3.8, 4) is 5.75 Å². The molecule has 0 saturated heterocycles. The molecule has 0 fully saturated rings. The van der Waals surface area contributed by atoms with Crippen molar-refractivity contribution in [3.05, 3.63) is 81.6 Å². The first-order chi connectivity index (χ1) is 13.5. The second-order valence-corrected chi connectivity index (χ2v) is 7.64. The highest BCUT2D eigenvalue weighted by molar-refractivity contribution is 7.98. The van der Waals surface area contributed by atoms with Gasteiger partial charge < -0.3 is 15.0 Å². The highest BCUT2D eigenvalue weighted by Crippen LogP contribution is 2.36. The van der Waals surface area contributed by atoms with E-state index in [0.29, 0.717) is 22.3 Å². The first-order valence-corrected chi connectivity index (χ1v) is 9.88. The van der Waals surface area contributed by atoms with Gasteiger partial charge in [-0.05, 0) is 23.3 Å². The molecule has 3 aromatic rings. The zero-order valence-electron chi connectivity index (χ0n) is 15.3. The smallest absolute Gasteiger partial charge is 0.279 e. The molecule has 28 heavy (non-hydrogen) atoms. The van der Waals surface area contributed by atoms with Crippen molar-refractivity contribution in [3.63, 3.8) is 0 Å². The second kappa shape index (κ2) is 7.52. The summed E-state index contributed by atoms with van der Waals surface area (Å²) in [5, 5.41) is 13.2. The number of carbonyl (C=O) groups is 1. The van der Waals surface area contributed by atoms with Gasteiger partial charge in [0, 0.05) is 25.1 Å². The number of thioether (sulfide) groups is 1. The van der Waals surface area contributed by atoms with Crippen LogP contribution in [0.4, 0.5) is 5.82 Å². The Morgan fingerprint density at radius 3 is 2.71 bits per heavy atom. The summed E-state index contributed by atoms with van der Waals surface area (Å²) >= 11 is 1.45. The van der Waals surface area contributed by atoms with Crippen LogP contribution in [0.5, 0.6) is 5.75 Å². The zero-order chi connectivity index (χ0) is 19.7. The molecular formula is C21H19N3O3S. The molecule has 0 saturated carbocycles. The summed E-state index contributed by atoms with van der Waals surface area (Å²) in [5.41, 5.74) is 1.95. The molecule has 0 aliphatic carbocycles. The van der Waals surface area contributed by atoms with Gasteiger partial charge >= 0.3 is 0 Å². The van der Waals surface area contributed by atoms with Crippen molar-refractivity contribution in [2.75, 3.05) is 5.32 Å². The van der Waals surface area contributed by atoms with Crippen LogP contribution in [0.3, 0.4) is 0 Å². The molecule has 1 aromatic heterocycles. The molecule has 1 unspecified atom stereocenters. The van der Waals surface area contributed by atoms with Gasteiger partial charge in [0.15, 0.2) is 5.16 Å². The van der Waals surface area contributed by atoms with E-state index in [9.17, 15) is 14.7 Å². The molecule has 7 heteroatoms. The number of nitrogens with zero attached hydrogens (tertiary/aromatic N) is 2. The highest BCUT2D eigenvalue weighted by atomic mass is 32.2. The second-order valence-electron chi connectivity index (χ2n) is 6.69. The average Bonchev–Trinajstić information content (AvgIpc) is 2.69. The van der Waals surface area contributed by atoms with E-state index in [0.717, 1.165) is 11.1 Å². The van der Waals surface area contributed by atoms with E-state index in [1.165, 1.54) is 11.8 Å². The van der Waals surface area contributed by atoms with Crippen LogP contribution in [0.15, 0.2) is 64.5 Å². The van der Waals surface area contributed by atoms with E-state index in [1.807, 2.05) is 36.4 Å². The minimum atomic E-state index is -0.435. The largest absolute Gasteiger partial charge is 0.508 e. The van der Waals surface area contributed by atoms with E-state index < -0.39 is 5.92 Å². The number of carbonyl (C=O) groups excluding carboxylic acids is 1. The molecule has 6 nitrogen and oxygen atoms in total. The fourth-order valence-electron chi connectivity index (χ4n) is 3.41. The summed E-state index contributed by atoms with van der Waals surface area (Å²) in [6.45, 7) is 0. The van der Waals surface area contributed by atoms with Gasteiger partial charge in [0.25, 0.3) is 5.56 Å². The Kier molecular flexibility index (Phi) is 4.92. The third-order valence-corrected chi connectivity index (χ3v) is 5.89. The average molecular weight is 393 g/mol. The molecule has 2 heterocycles. The van der Waals surface area contributed by atoms with Crippen LogP contribution in [-0.2, 0) is 17.6 Å². The number of hydrogen-bond acceptors (Lipinski definition) is 5. The van der Waals surface area contributed by atoms with E-state index in [4.69, 9.17) is 0 Å². The van der Waals surface area contributed by atoms with Crippen LogP contribution in [0, 0.1) is 0 Å². The van der Waals surface area contributed by atoms with E-state index in [-0.39, 0.29) is 23.6 Å². The molecule has 2 aromatic carbocycles. The number of hydrogen-bond donors (Lipinski definition) is 2. The van der Waals surface area contributed by atoms with Gasteiger partial charge in [-0.15, -0.1) is 0 Å². The van der Waals surface area contributed by atoms with Crippen LogP contribution >= 0.6 is 11.8 Å². The quantitative estimate of drug-likeness (QED) is 0.525. The predicted octanol–water partition coefficient (Wildman–Crippen LogP) is 3.25. The van der Waals surface area contributed by atoms with Gasteiger partial charge in [0.1, 0.15) is 11.6 Å². The number of phenolic OH excluding ortho intramolecular Hbond substituents is 1. The zero-order valence-corrected chi connectivity index (χ0v) is 16.1. The fraction of sp³-hybridized carbons (Fsp3) is 0.190. The number of nitrogens with one attached hydrogen (secondary N) is 1. The monoisotopic (exact) mass is 393 g/mol. The number of aromatic hydroxyl groups is 1. The Morgan fingerprint density at radius 1 is 1.18 bits per heavy atom. The standard InChI is InChI=1S/C21H19N3O3S/c1-24-19-18(16(11-17(26)22-19)14-8-5-9-15(25)10-14)20(27)23-21(24)28-12-13-6-3-2-4-7-13/h2-10,16,25H,11-12H2,1H3,(H,22,26). The SMILES string of the molecule is Cn1c(SCc2ccccc2)nc(=O)c2c1NC(=O)CC2c1cccc(O)c1. The number of phenols is 1. The van der Waals surface area contributed by atoms with Gasteiger partial charge in [-0.2, -0.15) is 4.98 Å². The molecule has 4 rings (SSSR count). The van der Waals surface area contributed by atoms with Crippen molar-refractivity contribution >= 4 is 23.5 Å². The topological polar surface area (TPSA) is 84.2 Å². The minimum absolute atomic E-state index is 0.102. The van der Waals surface area contributed by atoms with Gasteiger partial charge in [-0.3, -0.25) is 9.59 Å². The van der Waals surface area contributed by atoms with Gasteiger partial charge in [-0.25, -0.2) is 0 Å². The number of rotatable bonds is 4. The molecule has 1 atom stereocenters. The normalized spacial score (nSPS) is 15.8. The maximum Gasteiger partial charge on any atom is 0.279 e.